The molecular formula is C15H19NO4. The standard InChI is InChI=1S/C15H19NO4/c1-2-20-14(11-6-4-3-5-7-11)15(19)16(10-13(17)18)12-8-9-12/h3-7,12,14H,2,8-10H2,1H3,(H,17,18). The van der Waals surface area contributed by atoms with Crippen LogP contribution in [0.1, 0.15) is 31.4 Å². The number of hydrogen-bond acceptors (Lipinski definition) is 3. The summed E-state index contributed by atoms with van der Waals surface area (Å²) in [5, 5.41) is 8.96. The molecule has 1 fully saturated rings. The van der Waals surface area contributed by atoms with E-state index in [0.29, 0.717) is 6.61 Å². The number of carbonyl (C=O) groups excluding carboxylic acids is 1. The van der Waals surface area contributed by atoms with Gasteiger partial charge < -0.3 is 14.7 Å². The molecule has 0 spiro atoms. The molecule has 1 amide bonds. The van der Waals surface area contributed by atoms with E-state index in [2.05, 4.69) is 0 Å². The van der Waals surface area contributed by atoms with Crippen molar-refractivity contribution in [2.75, 3.05) is 13.2 Å². The van der Waals surface area contributed by atoms with Crippen molar-refractivity contribution in [3.8, 4) is 0 Å². The monoisotopic (exact) mass is 277 g/mol. The number of carboxylic acids is 1. The van der Waals surface area contributed by atoms with Crippen LogP contribution in [0, 0.1) is 0 Å². The van der Waals surface area contributed by atoms with Gasteiger partial charge in [-0.3, -0.25) is 9.59 Å². The molecule has 1 N–H and O–H groups in total. The first-order valence-electron chi connectivity index (χ1n) is 6.82. The Bertz CT molecular complexity index is 470. The lowest BCUT2D eigenvalue weighted by Gasteiger charge is -2.26. The van der Waals surface area contributed by atoms with E-state index in [1.807, 2.05) is 37.3 Å². The lowest BCUT2D eigenvalue weighted by Crippen LogP contribution is -2.41. The zero-order valence-electron chi connectivity index (χ0n) is 11.5. The molecule has 5 nitrogen and oxygen atoms in total. The molecule has 2 rings (SSSR count). The number of carbonyl (C=O) groups is 2. The molecular weight excluding hydrogens is 258 g/mol. The highest BCUT2D eigenvalue weighted by molar-refractivity contribution is 5.86. The van der Waals surface area contributed by atoms with Gasteiger partial charge in [0.2, 0.25) is 0 Å². The lowest BCUT2D eigenvalue weighted by atomic mass is 10.1. The minimum absolute atomic E-state index is 0.0465. The average Bonchev–Trinajstić information content (AvgIpc) is 3.27. The zero-order valence-corrected chi connectivity index (χ0v) is 11.5. The Morgan fingerprint density at radius 2 is 2.00 bits per heavy atom. The van der Waals surface area contributed by atoms with Gasteiger partial charge in [0.05, 0.1) is 0 Å². The van der Waals surface area contributed by atoms with Crippen molar-refractivity contribution in [1.82, 2.24) is 4.90 Å². The summed E-state index contributed by atoms with van der Waals surface area (Å²) in [6.45, 7) is 1.96. The molecule has 108 valence electrons. The van der Waals surface area contributed by atoms with E-state index in [0.717, 1.165) is 18.4 Å². The molecule has 0 aromatic heterocycles. The molecule has 0 heterocycles. The highest BCUT2D eigenvalue weighted by Crippen LogP contribution is 2.30. The van der Waals surface area contributed by atoms with Crippen molar-refractivity contribution in [2.45, 2.75) is 31.9 Å². The van der Waals surface area contributed by atoms with Gasteiger partial charge in [0.1, 0.15) is 6.54 Å². The first kappa shape index (κ1) is 14.5. The molecule has 1 atom stereocenters. The summed E-state index contributed by atoms with van der Waals surface area (Å²) in [7, 11) is 0. The van der Waals surface area contributed by atoms with Crippen molar-refractivity contribution < 1.29 is 19.4 Å². The summed E-state index contributed by atoms with van der Waals surface area (Å²) >= 11 is 0. The molecule has 1 saturated carbocycles. The average molecular weight is 277 g/mol. The number of ether oxygens (including phenoxy) is 1. The van der Waals surface area contributed by atoms with E-state index in [-0.39, 0.29) is 18.5 Å². The number of amides is 1. The van der Waals surface area contributed by atoms with Crippen LogP contribution in [0.15, 0.2) is 30.3 Å². The molecule has 0 bridgehead atoms. The van der Waals surface area contributed by atoms with Gasteiger partial charge in [0, 0.05) is 12.6 Å². The lowest BCUT2D eigenvalue weighted by molar-refractivity contribution is -0.151. The summed E-state index contributed by atoms with van der Waals surface area (Å²) in [5.74, 6) is -1.25. The van der Waals surface area contributed by atoms with E-state index in [1.165, 1.54) is 4.90 Å². The third kappa shape index (κ3) is 3.57. The maximum atomic E-state index is 12.6. The molecule has 1 aliphatic carbocycles. The zero-order chi connectivity index (χ0) is 14.5. The summed E-state index contributed by atoms with van der Waals surface area (Å²) in [6.07, 6.45) is 1.01. The summed E-state index contributed by atoms with van der Waals surface area (Å²) in [6, 6.07) is 9.24. The van der Waals surface area contributed by atoms with Crippen molar-refractivity contribution >= 4 is 11.9 Å². The fourth-order valence-corrected chi connectivity index (χ4v) is 2.17. The molecule has 0 saturated heterocycles. The number of benzene rings is 1. The van der Waals surface area contributed by atoms with Crippen molar-refractivity contribution in [3.63, 3.8) is 0 Å². The molecule has 1 unspecified atom stereocenters. The van der Waals surface area contributed by atoms with Gasteiger partial charge in [-0.15, -0.1) is 0 Å². The summed E-state index contributed by atoms with van der Waals surface area (Å²) in [4.78, 5) is 24.9. The van der Waals surface area contributed by atoms with E-state index in [1.54, 1.807) is 0 Å². The molecule has 20 heavy (non-hydrogen) atoms. The Balaban J connectivity index is 2.18. The second-order valence-corrected chi connectivity index (χ2v) is 4.84. The van der Waals surface area contributed by atoms with Gasteiger partial charge in [-0.05, 0) is 25.3 Å². The second kappa shape index (κ2) is 6.52. The summed E-state index contributed by atoms with van der Waals surface area (Å²) < 4.78 is 5.55. The second-order valence-electron chi connectivity index (χ2n) is 4.84. The molecule has 1 aromatic rings. The topological polar surface area (TPSA) is 66.8 Å². The fraction of sp³-hybridized carbons (Fsp3) is 0.467. The van der Waals surface area contributed by atoms with Crippen LogP contribution >= 0.6 is 0 Å². The van der Waals surface area contributed by atoms with Crippen LogP contribution in [0.3, 0.4) is 0 Å². The van der Waals surface area contributed by atoms with Crippen LogP contribution in [0.2, 0.25) is 0 Å². The van der Waals surface area contributed by atoms with Gasteiger partial charge in [-0.25, -0.2) is 0 Å². The number of rotatable bonds is 7. The van der Waals surface area contributed by atoms with Crippen molar-refractivity contribution in [1.29, 1.82) is 0 Å². The first-order valence-corrected chi connectivity index (χ1v) is 6.82. The predicted octanol–water partition coefficient (Wildman–Crippen LogP) is 1.84. The van der Waals surface area contributed by atoms with Gasteiger partial charge in [-0.2, -0.15) is 0 Å². The molecule has 1 aromatic carbocycles. The Kier molecular flexibility index (Phi) is 4.74. The maximum absolute atomic E-state index is 12.6. The van der Waals surface area contributed by atoms with E-state index in [9.17, 15) is 9.59 Å². The van der Waals surface area contributed by atoms with Gasteiger partial charge >= 0.3 is 5.97 Å². The minimum atomic E-state index is -0.992. The normalized spacial score (nSPS) is 15.7. The Morgan fingerprint density at radius 3 is 2.50 bits per heavy atom. The summed E-state index contributed by atoms with van der Waals surface area (Å²) in [5.41, 5.74) is 0.760. The first-order chi connectivity index (χ1) is 9.63. The van der Waals surface area contributed by atoms with Gasteiger partial charge in [0.15, 0.2) is 6.10 Å². The number of aliphatic carboxylic acids is 1. The fourth-order valence-electron chi connectivity index (χ4n) is 2.17. The Hall–Kier alpha value is -1.88. The van der Waals surface area contributed by atoms with Crippen LogP contribution in [0.4, 0.5) is 0 Å². The van der Waals surface area contributed by atoms with E-state index >= 15 is 0 Å². The number of hydrogen-bond donors (Lipinski definition) is 1. The van der Waals surface area contributed by atoms with Gasteiger partial charge in [-0.1, -0.05) is 30.3 Å². The highest BCUT2D eigenvalue weighted by Gasteiger charge is 2.37. The number of carboxylic acid groups (broad SMARTS) is 1. The molecule has 5 heteroatoms. The van der Waals surface area contributed by atoms with Crippen LogP contribution in [0.5, 0.6) is 0 Å². The Morgan fingerprint density at radius 1 is 1.35 bits per heavy atom. The van der Waals surface area contributed by atoms with Crippen LogP contribution in [0.25, 0.3) is 0 Å². The van der Waals surface area contributed by atoms with Crippen LogP contribution in [-0.2, 0) is 14.3 Å². The van der Waals surface area contributed by atoms with Crippen LogP contribution in [-0.4, -0.2) is 41.1 Å². The number of nitrogens with zero attached hydrogens (tertiary/aromatic N) is 1. The molecule has 1 aliphatic rings. The van der Waals surface area contributed by atoms with Crippen molar-refractivity contribution in [3.05, 3.63) is 35.9 Å². The maximum Gasteiger partial charge on any atom is 0.323 e. The van der Waals surface area contributed by atoms with Crippen LogP contribution < -0.4 is 0 Å². The molecule has 0 radical (unpaired) electrons. The van der Waals surface area contributed by atoms with E-state index in [4.69, 9.17) is 9.84 Å². The molecule has 0 aliphatic heterocycles. The smallest absolute Gasteiger partial charge is 0.323 e. The van der Waals surface area contributed by atoms with E-state index < -0.39 is 12.1 Å². The highest BCUT2D eigenvalue weighted by atomic mass is 16.5. The minimum Gasteiger partial charge on any atom is -0.480 e. The predicted molar refractivity (Wildman–Crippen MR) is 73.2 cm³/mol. The quantitative estimate of drug-likeness (QED) is 0.825. The van der Waals surface area contributed by atoms with Gasteiger partial charge in [0.25, 0.3) is 5.91 Å². The third-order valence-corrected chi connectivity index (χ3v) is 3.24. The van der Waals surface area contributed by atoms with Crippen molar-refractivity contribution in [2.24, 2.45) is 0 Å². The largest absolute Gasteiger partial charge is 0.480 e. The SMILES string of the molecule is CCOC(C(=O)N(CC(=O)O)C1CC1)c1ccccc1. The Labute approximate surface area is 118 Å². The third-order valence-electron chi connectivity index (χ3n) is 3.24.